The Balaban J connectivity index is 2.55. The Morgan fingerprint density at radius 1 is 1.47 bits per heavy atom. The fraction of sp³-hybridized carbons (Fsp3) is 0.643. The molecule has 1 N–H and O–H groups in total. The highest BCUT2D eigenvalue weighted by Gasteiger charge is 2.10. The summed E-state index contributed by atoms with van der Waals surface area (Å²) in [6, 6.07) is 4.85. The number of aromatic nitrogens is 1. The summed E-state index contributed by atoms with van der Waals surface area (Å²) in [7, 11) is 0. The second-order valence-electron chi connectivity index (χ2n) is 4.34. The maximum Gasteiger partial charge on any atom is 0.0622 e. The van der Waals surface area contributed by atoms with Crippen LogP contribution in [0.15, 0.2) is 18.5 Å². The molecule has 0 spiro atoms. The summed E-state index contributed by atoms with van der Waals surface area (Å²) in [6.45, 7) is 6.31. The summed E-state index contributed by atoms with van der Waals surface area (Å²) in [5.74, 6) is 0. The largest absolute Gasteiger partial charge is 0.354 e. The minimum Gasteiger partial charge on any atom is -0.354 e. The highest BCUT2D eigenvalue weighted by molar-refractivity contribution is 5.15. The third-order valence-electron chi connectivity index (χ3n) is 2.91. The van der Waals surface area contributed by atoms with Gasteiger partial charge in [-0.05, 0) is 31.0 Å². The van der Waals surface area contributed by atoms with Gasteiger partial charge in [0.2, 0.25) is 0 Å². The molecule has 0 radical (unpaired) electrons. The van der Waals surface area contributed by atoms with Crippen molar-refractivity contribution in [2.75, 3.05) is 6.54 Å². The van der Waals surface area contributed by atoms with Crippen LogP contribution in [0.1, 0.15) is 51.1 Å². The molecule has 0 saturated heterocycles. The zero-order valence-electron chi connectivity index (χ0n) is 10.9. The molecule has 0 fully saturated rings. The van der Waals surface area contributed by atoms with Crippen LogP contribution >= 0.6 is 0 Å². The molecule has 1 heterocycles. The zero-order valence-corrected chi connectivity index (χ0v) is 10.9. The number of nitrogens with one attached hydrogen (secondary N) is 1. The maximum absolute atomic E-state index is 8.51. The molecule has 1 aromatic rings. The van der Waals surface area contributed by atoms with Gasteiger partial charge in [0, 0.05) is 31.4 Å². The first-order valence-electron chi connectivity index (χ1n) is 6.57. The Kier molecular flexibility index (Phi) is 6.42. The van der Waals surface area contributed by atoms with Crippen molar-refractivity contribution in [1.82, 2.24) is 9.88 Å². The van der Waals surface area contributed by atoms with Gasteiger partial charge in [0.15, 0.2) is 0 Å². The van der Waals surface area contributed by atoms with Crippen molar-refractivity contribution in [3.8, 4) is 6.07 Å². The molecule has 1 unspecified atom stereocenters. The molecular weight excluding hydrogens is 210 g/mol. The molecular formula is C14H23N3. The zero-order chi connectivity index (χ0) is 12.5. The first kappa shape index (κ1) is 13.8. The molecule has 1 rings (SSSR count). The number of nitriles is 1. The van der Waals surface area contributed by atoms with E-state index in [-0.39, 0.29) is 0 Å². The lowest BCUT2D eigenvalue weighted by Crippen LogP contribution is -2.20. The standard InChI is InChI=1S/C14H23N3/c1-3-7-14(16-4-2)13-8-11-17(12-13)10-6-5-9-15/h8,11-12,14,16H,3-7,10H2,1-2H3. The Labute approximate surface area is 104 Å². The van der Waals surface area contributed by atoms with E-state index in [2.05, 4.69) is 48.3 Å². The van der Waals surface area contributed by atoms with E-state index in [1.807, 2.05) is 0 Å². The Morgan fingerprint density at radius 3 is 2.94 bits per heavy atom. The third kappa shape index (κ3) is 4.62. The van der Waals surface area contributed by atoms with E-state index in [1.54, 1.807) is 0 Å². The Bertz CT molecular complexity index is 343. The van der Waals surface area contributed by atoms with E-state index in [0.29, 0.717) is 12.5 Å². The van der Waals surface area contributed by atoms with Crippen molar-refractivity contribution in [2.45, 2.75) is 52.1 Å². The van der Waals surface area contributed by atoms with E-state index in [9.17, 15) is 0 Å². The predicted octanol–water partition coefficient (Wildman–Crippen LogP) is 3.24. The molecule has 0 aliphatic heterocycles. The van der Waals surface area contributed by atoms with E-state index < -0.39 is 0 Å². The van der Waals surface area contributed by atoms with Gasteiger partial charge >= 0.3 is 0 Å². The monoisotopic (exact) mass is 233 g/mol. The maximum atomic E-state index is 8.51. The van der Waals surface area contributed by atoms with Crippen LogP contribution in [0.25, 0.3) is 0 Å². The van der Waals surface area contributed by atoms with Gasteiger partial charge in [-0.3, -0.25) is 0 Å². The SMILES string of the molecule is CCCC(NCC)c1ccn(CCCC#N)c1. The molecule has 0 aliphatic carbocycles. The van der Waals surface area contributed by atoms with Crippen LogP contribution < -0.4 is 5.32 Å². The highest BCUT2D eigenvalue weighted by Crippen LogP contribution is 2.18. The van der Waals surface area contributed by atoms with E-state index in [1.165, 1.54) is 18.4 Å². The molecule has 0 saturated carbocycles. The Morgan fingerprint density at radius 2 is 2.29 bits per heavy atom. The molecule has 1 aromatic heterocycles. The summed E-state index contributed by atoms with van der Waals surface area (Å²) < 4.78 is 2.19. The average molecular weight is 233 g/mol. The van der Waals surface area contributed by atoms with Crippen molar-refractivity contribution in [3.05, 3.63) is 24.0 Å². The van der Waals surface area contributed by atoms with Crippen molar-refractivity contribution < 1.29 is 0 Å². The lowest BCUT2D eigenvalue weighted by molar-refractivity contribution is 0.508. The first-order chi connectivity index (χ1) is 8.31. The van der Waals surface area contributed by atoms with Gasteiger partial charge in [0.1, 0.15) is 0 Å². The van der Waals surface area contributed by atoms with Gasteiger partial charge in [0.05, 0.1) is 6.07 Å². The van der Waals surface area contributed by atoms with Crippen molar-refractivity contribution in [1.29, 1.82) is 5.26 Å². The molecule has 0 aliphatic rings. The van der Waals surface area contributed by atoms with Gasteiger partial charge < -0.3 is 9.88 Å². The van der Waals surface area contributed by atoms with Gasteiger partial charge in [-0.2, -0.15) is 5.26 Å². The Hall–Kier alpha value is -1.27. The quantitative estimate of drug-likeness (QED) is 0.700. The third-order valence-corrected chi connectivity index (χ3v) is 2.91. The fourth-order valence-corrected chi connectivity index (χ4v) is 2.07. The van der Waals surface area contributed by atoms with Gasteiger partial charge in [-0.1, -0.05) is 20.3 Å². The summed E-state index contributed by atoms with van der Waals surface area (Å²) in [5.41, 5.74) is 1.37. The summed E-state index contributed by atoms with van der Waals surface area (Å²) in [6.07, 6.45) is 8.27. The minimum atomic E-state index is 0.474. The normalized spacial score (nSPS) is 12.3. The van der Waals surface area contributed by atoms with Crippen LogP contribution in [0, 0.1) is 11.3 Å². The van der Waals surface area contributed by atoms with E-state index in [0.717, 1.165) is 19.5 Å². The number of hydrogen-bond acceptors (Lipinski definition) is 2. The van der Waals surface area contributed by atoms with Crippen LogP contribution in [0.4, 0.5) is 0 Å². The van der Waals surface area contributed by atoms with Crippen molar-refractivity contribution in [3.63, 3.8) is 0 Å². The van der Waals surface area contributed by atoms with E-state index in [4.69, 9.17) is 5.26 Å². The second-order valence-corrected chi connectivity index (χ2v) is 4.34. The number of aryl methyl sites for hydroxylation is 1. The molecule has 1 atom stereocenters. The van der Waals surface area contributed by atoms with Crippen LogP contribution in [0.3, 0.4) is 0 Å². The van der Waals surface area contributed by atoms with E-state index >= 15 is 0 Å². The molecule has 0 aromatic carbocycles. The molecule has 94 valence electrons. The molecule has 0 bridgehead atoms. The number of nitrogens with zero attached hydrogens (tertiary/aromatic N) is 2. The topological polar surface area (TPSA) is 40.8 Å². The van der Waals surface area contributed by atoms with Gasteiger partial charge in [0.25, 0.3) is 0 Å². The number of unbranched alkanes of at least 4 members (excludes halogenated alkanes) is 1. The molecule has 0 amide bonds. The highest BCUT2D eigenvalue weighted by atomic mass is 15.0. The summed E-state index contributed by atoms with van der Waals surface area (Å²) >= 11 is 0. The molecule has 3 nitrogen and oxygen atoms in total. The van der Waals surface area contributed by atoms with Crippen molar-refractivity contribution >= 4 is 0 Å². The molecule has 3 heteroatoms. The van der Waals surface area contributed by atoms with Gasteiger partial charge in [-0.15, -0.1) is 0 Å². The second kappa shape index (κ2) is 7.92. The van der Waals surface area contributed by atoms with Crippen LogP contribution in [0.2, 0.25) is 0 Å². The van der Waals surface area contributed by atoms with Crippen LogP contribution in [-0.4, -0.2) is 11.1 Å². The van der Waals surface area contributed by atoms with Crippen LogP contribution in [0.5, 0.6) is 0 Å². The lowest BCUT2D eigenvalue weighted by Gasteiger charge is -2.15. The minimum absolute atomic E-state index is 0.474. The van der Waals surface area contributed by atoms with Gasteiger partial charge in [-0.25, -0.2) is 0 Å². The summed E-state index contributed by atoms with van der Waals surface area (Å²) in [4.78, 5) is 0. The van der Waals surface area contributed by atoms with Crippen molar-refractivity contribution in [2.24, 2.45) is 0 Å². The number of rotatable bonds is 8. The fourth-order valence-electron chi connectivity index (χ4n) is 2.07. The summed E-state index contributed by atoms with van der Waals surface area (Å²) in [5, 5.41) is 12.0. The first-order valence-corrected chi connectivity index (χ1v) is 6.57. The average Bonchev–Trinajstić information content (AvgIpc) is 2.78. The smallest absolute Gasteiger partial charge is 0.0622 e. The molecule has 17 heavy (non-hydrogen) atoms. The lowest BCUT2D eigenvalue weighted by atomic mass is 10.1. The predicted molar refractivity (Wildman–Crippen MR) is 70.6 cm³/mol. The number of hydrogen-bond donors (Lipinski definition) is 1. The van der Waals surface area contributed by atoms with Crippen LogP contribution in [-0.2, 0) is 6.54 Å².